The molecular formula is C12H17NO4. The van der Waals surface area contributed by atoms with Gasteiger partial charge in [0, 0.05) is 0 Å². The van der Waals surface area contributed by atoms with E-state index in [1.165, 1.54) is 14.2 Å². The summed E-state index contributed by atoms with van der Waals surface area (Å²) in [6.07, 6.45) is 0. The van der Waals surface area contributed by atoms with Crippen LogP contribution in [0.5, 0.6) is 11.5 Å². The van der Waals surface area contributed by atoms with Crippen molar-refractivity contribution in [3.8, 4) is 11.5 Å². The largest absolute Gasteiger partial charge is 0.496 e. The maximum atomic E-state index is 11.9. The molecule has 1 rings (SSSR count). The summed E-state index contributed by atoms with van der Waals surface area (Å²) in [4.78, 5) is 11.9. The second-order valence-corrected chi connectivity index (χ2v) is 3.68. The predicted molar refractivity (Wildman–Crippen MR) is 63.7 cm³/mol. The number of rotatable bonds is 5. The fourth-order valence-electron chi connectivity index (χ4n) is 1.53. The highest BCUT2D eigenvalue weighted by Crippen LogP contribution is 2.28. The van der Waals surface area contributed by atoms with Crippen molar-refractivity contribution in [2.75, 3.05) is 20.8 Å². The van der Waals surface area contributed by atoms with E-state index >= 15 is 0 Å². The molecule has 1 unspecified atom stereocenters. The minimum absolute atomic E-state index is 0.316. The molecule has 0 saturated carbocycles. The second kappa shape index (κ2) is 5.65. The number of hydrogen-bond acceptors (Lipinski definition) is 5. The summed E-state index contributed by atoms with van der Waals surface area (Å²) in [6, 6.07) is 2.33. The first-order chi connectivity index (χ1) is 8.04. The number of hydrogen-bond donors (Lipinski definition) is 2. The molecule has 0 fully saturated rings. The number of carbonyl (C=O) groups excluding carboxylic acids is 1. The molecule has 94 valence electrons. The van der Waals surface area contributed by atoms with Crippen LogP contribution in [0.4, 0.5) is 0 Å². The van der Waals surface area contributed by atoms with Gasteiger partial charge in [0.2, 0.25) is 0 Å². The van der Waals surface area contributed by atoms with Crippen LogP contribution in [0.3, 0.4) is 0 Å². The van der Waals surface area contributed by atoms with Gasteiger partial charge >= 0.3 is 0 Å². The van der Waals surface area contributed by atoms with Crippen molar-refractivity contribution in [2.24, 2.45) is 5.73 Å². The fraction of sp³-hybridized carbons (Fsp3) is 0.417. The molecule has 0 aliphatic rings. The van der Waals surface area contributed by atoms with Crippen LogP contribution >= 0.6 is 0 Å². The topological polar surface area (TPSA) is 81.8 Å². The minimum atomic E-state index is -0.948. The molecule has 0 saturated heterocycles. The standard InChI is InChI=1S/C12H17NO4/c1-7-4-11(17-3)8(5-10(7)16-2)12(15)9(13)6-14/h4-5,9,14H,6,13H2,1-3H3. The lowest BCUT2D eigenvalue weighted by molar-refractivity contribution is 0.0922. The van der Waals surface area contributed by atoms with Gasteiger partial charge in [0.1, 0.15) is 11.5 Å². The summed E-state index contributed by atoms with van der Waals surface area (Å²) < 4.78 is 10.3. The van der Waals surface area contributed by atoms with Crippen molar-refractivity contribution < 1.29 is 19.4 Å². The summed E-state index contributed by atoms with van der Waals surface area (Å²) in [6.45, 7) is 1.44. The van der Waals surface area contributed by atoms with Gasteiger partial charge in [0.05, 0.1) is 32.4 Å². The SMILES string of the molecule is COc1cc(C(=O)C(N)CO)c(OC)cc1C. The Bertz CT molecular complexity index is 417. The third kappa shape index (κ3) is 2.75. The highest BCUT2D eigenvalue weighted by Gasteiger charge is 2.20. The molecule has 0 aliphatic heterocycles. The lowest BCUT2D eigenvalue weighted by atomic mass is 10.0. The Morgan fingerprint density at radius 1 is 1.35 bits per heavy atom. The minimum Gasteiger partial charge on any atom is -0.496 e. The number of Topliss-reactive ketones (excluding diaryl/α,β-unsaturated/α-hetero) is 1. The van der Waals surface area contributed by atoms with Crippen LogP contribution in [-0.4, -0.2) is 37.8 Å². The van der Waals surface area contributed by atoms with Gasteiger partial charge in [-0.2, -0.15) is 0 Å². The van der Waals surface area contributed by atoms with Crippen LogP contribution in [0.2, 0.25) is 0 Å². The monoisotopic (exact) mass is 239 g/mol. The van der Waals surface area contributed by atoms with Crippen molar-refractivity contribution in [1.82, 2.24) is 0 Å². The lowest BCUT2D eigenvalue weighted by Crippen LogP contribution is -2.34. The molecule has 1 aromatic carbocycles. The van der Waals surface area contributed by atoms with Crippen LogP contribution in [0.1, 0.15) is 15.9 Å². The highest BCUT2D eigenvalue weighted by molar-refractivity contribution is 6.02. The van der Waals surface area contributed by atoms with E-state index in [0.717, 1.165) is 5.56 Å². The van der Waals surface area contributed by atoms with E-state index in [9.17, 15) is 4.79 Å². The lowest BCUT2D eigenvalue weighted by Gasteiger charge is -2.14. The maximum absolute atomic E-state index is 11.9. The number of aliphatic hydroxyl groups excluding tert-OH is 1. The summed E-state index contributed by atoms with van der Waals surface area (Å²) >= 11 is 0. The molecule has 0 aliphatic carbocycles. The second-order valence-electron chi connectivity index (χ2n) is 3.68. The average molecular weight is 239 g/mol. The third-order valence-electron chi connectivity index (χ3n) is 2.52. The quantitative estimate of drug-likeness (QED) is 0.732. The predicted octanol–water partition coefficient (Wildman–Crippen LogP) is 0.515. The number of ether oxygens (including phenoxy) is 2. The molecule has 0 spiro atoms. The molecule has 5 nitrogen and oxygen atoms in total. The molecule has 0 heterocycles. The summed E-state index contributed by atoms with van der Waals surface area (Å²) in [5.41, 5.74) is 6.68. The third-order valence-corrected chi connectivity index (χ3v) is 2.52. The number of methoxy groups -OCH3 is 2. The first-order valence-electron chi connectivity index (χ1n) is 5.18. The van der Waals surface area contributed by atoms with Gasteiger partial charge in [-0.05, 0) is 24.6 Å². The first kappa shape index (κ1) is 13.5. The Hall–Kier alpha value is -1.59. The van der Waals surface area contributed by atoms with Gasteiger partial charge in [-0.1, -0.05) is 0 Å². The van der Waals surface area contributed by atoms with Crippen molar-refractivity contribution in [1.29, 1.82) is 0 Å². The van der Waals surface area contributed by atoms with Crippen LogP contribution in [-0.2, 0) is 0 Å². The molecule has 5 heteroatoms. The summed E-state index contributed by atoms with van der Waals surface area (Å²) in [7, 11) is 3.00. The van der Waals surface area contributed by atoms with Crippen molar-refractivity contribution in [3.63, 3.8) is 0 Å². The van der Waals surface area contributed by atoms with Gasteiger partial charge in [-0.25, -0.2) is 0 Å². The number of benzene rings is 1. The van der Waals surface area contributed by atoms with Crippen LogP contribution in [0.25, 0.3) is 0 Å². The van der Waals surface area contributed by atoms with E-state index in [2.05, 4.69) is 0 Å². The smallest absolute Gasteiger partial charge is 0.185 e. The summed E-state index contributed by atoms with van der Waals surface area (Å²) in [5.74, 6) is 0.638. The molecule has 0 radical (unpaired) electrons. The van der Waals surface area contributed by atoms with Crippen molar-refractivity contribution >= 4 is 5.78 Å². The molecular weight excluding hydrogens is 222 g/mol. The van der Waals surface area contributed by atoms with E-state index < -0.39 is 12.6 Å². The number of aliphatic hydroxyl groups is 1. The first-order valence-corrected chi connectivity index (χ1v) is 5.18. The van der Waals surface area contributed by atoms with Crippen LogP contribution in [0.15, 0.2) is 12.1 Å². The van der Waals surface area contributed by atoms with Gasteiger partial charge in [-0.15, -0.1) is 0 Å². The van der Waals surface area contributed by atoms with Gasteiger partial charge in [0.25, 0.3) is 0 Å². The molecule has 0 aromatic heterocycles. The Morgan fingerprint density at radius 2 is 1.94 bits per heavy atom. The normalized spacial score (nSPS) is 12.1. The van der Waals surface area contributed by atoms with E-state index in [4.69, 9.17) is 20.3 Å². The molecule has 1 atom stereocenters. The van der Waals surface area contributed by atoms with Gasteiger partial charge in [-0.3, -0.25) is 4.79 Å². The van der Waals surface area contributed by atoms with E-state index in [-0.39, 0.29) is 5.78 Å². The molecule has 0 bridgehead atoms. The number of carbonyl (C=O) groups is 1. The Labute approximate surface area is 100 Å². The number of ketones is 1. The van der Waals surface area contributed by atoms with Crippen molar-refractivity contribution in [2.45, 2.75) is 13.0 Å². The zero-order valence-corrected chi connectivity index (χ0v) is 10.2. The summed E-state index contributed by atoms with van der Waals surface area (Å²) in [5, 5.41) is 8.89. The molecule has 17 heavy (non-hydrogen) atoms. The van der Waals surface area contributed by atoms with E-state index in [1.807, 2.05) is 6.92 Å². The van der Waals surface area contributed by atoms with Crippen LogP contribution < -0.4 is 15.2 Å². The number of nitrogens with two attached hydrogens (primary N) is 1. The molecule has 1 aromatic rings. The van der Waals surface area contributed by atoms with E-state index in [0.29, 0.717) is 17.1 Å². The number of aryl methyl sites for hydroxylation is 1. The zero-order chi connectivity index (χ0) is 13.0. The zero-order valence-electron chi connectivity index (χ0n) is 10.2. The highest BCUT2D eigenvalue weighted by atomic mass is 16.5. The molecule has 0 amide bonds. The fourth-order valence-corrected chi connectivity index (χ4v) is 1.53. The Balaban J connectivity index is 3.25. The van der Waals surface area contributed by atoms with Crippen LogP contribution in [0, 0.1) is 6.92 Å². The molecule has 3 N–H and O–H groups in total. The van der Waals surface area contributed by atoms with Crippen molar-refractivity contribution in [3.05, 3.63) is 23.3 Å². The van der Waals surface area contributed by atoms with Gasteiger partial charge in [0.15, 0.2) is 5.78 Å². The average Bonchev–Trinajstić information content (AvgIpc) is 2.36. The Kier molecular flexibility index (Phi) is 4.48. The Morgan fingerprint density at radius 3 is 2.41 bits per heavy atom. The van der Waals surface area contributed by atoms with Gasteiger partial charge < -0.3 is 20.3 Å². The maximum Gasteiger partial charge on any atom is 0.185 e. The van der Waals surface area contributed by atoms with E-state index in [1.54, 1.807) is 12.1 Å².